The summed E-state index contributed by atoms with van der Waals surface area (Å²) < 4.78 is 9.79. The van der Waals surface area contributed by atoms with Crippen molar-refractivity contribution in [3.8, 4) is 0 Å². The molecule has 40 valence electrons. The number of thioether (sulfide) groups is 1. The van der Waals surface area contributed by atoms with Crippen LogP contribution in [0.5, 0.6) is 0 Å². The first-order valence-corrected chi connectivity index (χ1v) is 5.45. The second-order valence-corrected chi connectivity index (χ2v) is 4.62. The van der Waals surface area contributed by atoms with Crippen LogP contribution in [-0.2, 0) is 4.57 Å². The molecule has 0 N–H and O–H groups in total. The minimum Gasteiger partial charge on any atom is -0.262 e. The van der Waals surface area contributed by atoms with Gasteiger partial charge in [0.05, 0.1) is 0 Å². The zero-order valence-corrected chi connectivity index (χ0v) is 6.19. The summed E-state index contributed by atoms with van der Waals surface area (Å²) in [7, 11) is 0.234. The minimum atomic E-state index is 0.234. The number of rotatable bonds is 3. The van der Waals surface area contributed by atoms with Gasteiger partial charge in [-0.2, -0.15) is 11.8 Å². The summed E-state index contributed by atoms with van der Waals surface area (Å²) in [6.07, 6.45) is 0. The monoisotopic (exact) mass is 152 g/mol. The highest BCUT2D eigenvalue weighted by molar-refractivity contribution is 8.46. The molecule has 0 amide bonds. The first-order valence-electron chi connectivity index (χ1n) is 1.99. The molecule has 0 spiro atoms. The van der Waals surface area contributed by atoms with Crippen molar-refractivity contribution in [2.75, 3.05) is 11.5 Å². The van der Waals surface area contributed by atoms with Gasteiger partial charge < -0.3 is 0 Å². The molecule has 0 bridgehead atoms. The predicted molar refractivity (Wildman–Crippen MR) is 36.3 cm³/mol. The summed E-state index contributed by atoms with van der Waals surface area (Å²) in [5.41, 5.74) is 0. The van der Waals surface area contributed by atoms with Crippen molar-refractivity contribution in [2.45, 2.75) is 5.25 Å². The molecule has 0 radical (unpaired) electrons. The van der Waals surface area contributed by atoms with Crippen LogP contribution in [0.2, 0.25) is 0 Å². The van der Waals surface area contributed by atoms with Gasteiger partial charge in [0.25, 0.3) is 0 Å². The number of hydrogen-bond acceptors (Lipinski definition) is 3. The van der Waals surface area contributed by atoms with Crippen molar-refractivity contribution in [1.82, 2.24) is 0 Å². The van der Waals surface area contributed by atoms with Gasteiger partial charge >= 0.3 is 0 Å². The van der Waals surface area contributed by atoms with Crippen LogP contribution >= 0.6 is 30.8 Å². The molecular formula is C3H5OPS2. The Labute approximate surface area is 52.6 Å². The van der Waals surface area contributed by atoms with E-state index in [4.69, 9.17) is 0 Å². The molecule has 0 aromatic heterocycles. The maximum absolute atomic E-state index is 9.79. The molecule has 1 atom stereocenters. The fourth-order valence-electron chi connectivity index (χ4n) is 0.278. The second-order valence-electron chi connectivity index (χ2n) is 1.33. The first-order chi connectivity index (χ1) is 3.43. The molecule has 0 aromatic carbocycles. The predicted octanol–water partition coefficient (Wildman–Crippen LogP) is 2.04. The van der Waals surface area contributed by atoms with Crippen molar-refractivity contribution >= 4 is 30.8 Å². The molecule has 7 heavy (non-hydrogen) atoms. The van der Waals surface area contributed by atoms with E-state index < -0.39 is 0 Å². The van der Waals surface area contributed by atoms with Crippen molar-refractivity contribution in [3.05, 3.63) is 0 Å². The lowest BCUT2D eigenvalue weighted by Crippen LogP contribution is -1.81. The van der Waals surface area contributed by atoms with Crippen molar-refractivity contribution in [2.24, 2.45) is 0 Å². The minimum absolute atomic E-state index is 0.234. The highest BCUT2D eigenvalue weighted by atomic mass is 32.7. The van der Waals surface area contributed by atoms with Crippen LogP contribution in [-0.4, -0.2) is 16.8 Å². The van der Waals surface area contributed by atoms with E-state index in [1.54, 1.807) is 0 Å². The number of hydrogen-bond donors (Lipinski definition) is 0. The Morgan fingerprint density at radius 1 is 2.00 bits per heavy atom. The molecule has 0 aromatic rings. The molecule has 1 unspecified atom stereocenters. The van der Waals surface area contributed by atoms with E-state index in [0.717, 1.165) is 11.0 Å². The van der Waals surface area contributed by atoms with Crippen LogP contribution in [0.1, 0.15) is 0 Å². The van der Waals surface area contributed by atoms with E-state index in [-0.39, 0.29) is 7.66 Å². The zero-order chi connectivity index (χ0) is 5.11. The molecule has 1 nitrogen and oxygen atoms in total. The van der Waals surface area contributed by atoms with E-state index in [0.29, 0.717) is 0 Å². The molecular weight excluding hydrogens is 147 g/mol. The van der Waals surface area contributed by atoms with Gasteiger partial charge in [0.15, 0.2) is 0 Å². The summed E-state index contributed by atoms with van der Waals surface area (Å²) in [5, 5.41) is 0.825. The first kappa shape index (κ1) is 5.93. The Bertz CT molecular complexity index is 73.3. The molecule has 1 saturated heterocycles. The Hall–Kier alpha value is 0.800. The lowest BCUT2D eigenvalue weighted by atomic mass is 10.6. The molecule has 1 aliphatic heterocycles. The van der Waals surface area contributed by atoms with E-state index in [2.05, 4.69) is 0 Å². The summed E-state index contributed by atoms with van der Waals surface area (Å²) in [6.45, 7) is 0. The molecule has 1 heterocycles. The smallest absolute Gasteiger partial charge is 0.226 e. The third kappa shape index (κ3) is 2.58. The lowest BCUT2D eigenvalue weighted by molar-refractivity contribution is 0.605. The highest BCUT2D eigenvalue weighted by Gasteiger charge is 2.21. The van der Waals surface area contributed by atoms with Gasteiger partial charge in [-0.1, -0.05) is 11.4 Å². The standard InChI is InChI=1S/C3H5OPS2/c4-5-7-2-3-1-6-3/h3H,1-2H2. The van der Waals surface area contributed by atoms with E-state index >= 15 is 0 Å². The van der Waals surface area contributed by atoms with Gasteiger partial charge in [-0.15, -0.1) is 0 Å². The zero-order valence-electron chi connectivity index (χ0n) is 3.66. The van der Waals surface area contributed by atoms with Crippen LogP contribution in [0, 0.1) is 0 Å². The van der Waals surface area contributed by atoms with E-state index in [1.165, 1.54) is 17.1 Å². The van der Waals surface area contributed by atoms with E-state index in [9.17, 15) is 4.57 Å². The molecule has 1 rings (SSSR count). The van der Waals surface area contributed by atoms with Crippen LogP contribution in [0.15, 0.2) is 0 Å². The Morgan fingerprint density at radius 3 is 3.14 bits per heavy atom. The van der Waals surface area contributed by atoms with Gasteiger partial charge in [0.1, 0.15) is 0 Å². The summed E-state index contributed by atoms with van der Waals surface area (Å²) >= 11 is 3.42. The van der Waals surface area contributed by atoms with Crippen LogP contribution in [0.4, 0.5) is 0 Å². The third-order valence-electron chi connectivity index (χ3n) is 0.716. The Kier molecular flexibility index (Phi) is 2.50. The molecule has 1 aliphatic rings. The lowest BCUT2D eigenvalue weighted by Gasteiger charge is -1.79. The molecule has 1 fully saturated rings. The topological polar surface area (TPSA) is 17.1 Å². The van der Waals surface area contributed by atoms with Crippen molar-refractivity contribution in [1.29, 1.82) is 0 Å². The second kappa shape index (κ2) is 2.95. The maximum atomic E-state index is 9.79. The average Bonchev–Trinajstić information content (AvgIpc) is 2.42. The SMILES string of the molecule is O=PSCC1CS1. The van der Waals surface area contributed by atoms with Crippen molar-refractivity contribution in [3.63, 3.8) is 0 Å². The quantitative estimate of drug-likeness (QED) is 0.455. The molecule has 0 saturated carbocycles. The fourth-order valence-corrected chi connectivity index (χ4v) is 2.64. The van der Waals surface area contributed by atoms with Crippen LogP contribution in [0.3, 0.4) is 0 Å². The Balaban J connectivity index is 1.88. The van der Waals surface area contributed by atoms with Gasteiger partial charge in [-0.3, -0.25) is 4.57 Å². The van der Waals surface area contributed by atoms with Gasteiger partial charge in [-0.25, -0.2) is 0 Å². The normalized spacial score (nSPS) is 28.3. The fraction of sp³-hybridized carbons (Fsp3) is 1.00. The Morgan fingerprint density at radius 2 is 2.71 bits per heavy atom. The molecule has 4 heteroatoms. The van der Waals surface area contributed by atoms with Gasteiger partial charge in [0.2, 0.25) is 7.66 Å². The summed E-state index contributed by atoms with van der Waals surface area (Å²) in [4.78, 5) is 0. The van der Waals surface area contributed by atoms with Gasteiger partial charge in [0, 0.05) is 16.8 Å². The van der Waals surface area contributed by atoms with Crippen LogP contribution < -0.4 is 0 Å². The maximum Gasteiger partial charge on any atom is 0.226 e. The third-order valence-corrected chi connectivity index (χ3v) is 3.32. The average molecular weight is 152 g/mol. The van der Waals surface area contributed by atoms with Crippen LogP contribution in [0.25, 0.3) is 0 Å². The largest absolute Gasteiger partial charge is 0.262 e. The van der Waals surface area contributed by atoms with E-state index in [1.807, 2.05) is 11.8 Å². The summed E-state index contributed by atoms with van der Waals surface area (Å²) in [5.74, 6) is 2.35. The summed E-state index contributed by atoms with van der Waals surface area (Å²) in [6, 6.07) is 0. The molecule has 0 aliphatic carbocycles. The highest BCUT2D eigenvalue weighted by Crippen LogP contribution is 2.35. The van der Waals surface area contributed by atoms with Gasteiger partial charge in [-0.05, 0) is 0 Å². The van der Waals surface area contributed by atoms with Crippen molar-refractivity contribution < 1.29 is 4.57 Å².